The lowest BCUT2D eigenvalue weighted by Crippen LogP contribution is -2.34. The number of hydrogen-bond donors (Lipinski definition) is 2. The van der Waals surface area contributed by atoms with Gasteiger partial charge in [0.1, 0.15) is 4.88 Å². The molecule has 0 aliphatic carbocycles. The fraction of sp³-hybridized carbons (Fsp3) is 0.500. The number of amides is 1. The molecule has 1 aliphatic heterocycles. The highest BCUT2D eigenvalue weighted by atomic mass is 32.1. The number of carbonyl (C=O) groups is 2. The van der Waals surface area contributed by atoms with Gasteiger partial charge in [0.2, 0.25) is 0 Å². The number of nitrogens with one attached hydrogen (secondary N) is 1. The molecule has 18 heavy (non-hydrogen) atoms. The molecule has 6 heteroatoms. The molecular weight excluding hydrogens is 254 g/mol. The van der Waals surface area contributed by atoms with Crippen LogP contribution in [-0.2, 0) is 4.74 Å². The minimum Gasteiger partial charge on any atom is -0.477 e. The van der Waals surface area contributed by atoms with E-state index in [9.17, 15) is 9.59 Å². The number of aromatic carboxylic acids is 1. The van der Waals surface area contributed by atoms with Crippen molar-refractivity contribution in [1.29, 1.82) is 0 Å². The van der Waals surface area contributed by atoms with Crippen LogP contribution in [0.3, 0.4) is 0 Å². The third kappa shape index (κ3) is 3.30. The zero-order chi connectivity index (χ0) is 13.0. The maximum Gasteiger partial charge on any atom is 0.345 e. The van der Waals surface area contributed by atoms with Gasteiger partial charge in [0, 0.05) is 19.3 Å². The van der Waals surface area contributed by atoms with Gasteiger partial charge < -0.3 is 15.2 Å². The van der Waals surface area contributed by atoms with E-state index in [0.29, 0.717) is 11.5 Å². The molecule has 1 aromatic rings. The van der Waals surface area contributed by atoms with Crippen LogP contribution in [0.15, 0.2) is 12.1 Å². The number of thiophene rings is 1. The van der Waals surface area contributed by atoms with Gasteiger partial charge in [-0.15, -0.1) is 11.3 Å². The molecule has 5 nitrogen and oxygen atoms in total. The molecule has 0 spiro atoms. The van der Waals surface area contributed by atoms with Crippen LogP contribution in [0.4, 0.5) is 0 Å². The van der Waals surface area contributed by atoms with Crippen LogP contribution >= 0.6 is 11.3 Å². The summed E-state index contributed by atoms with van der Waals surface area (Å²) in [7, 11) is 0. The van der Waals surface area contributed by atoms with Gasteiger partial charge in [-0.25, -0.2) is 4.79 Å². The first-order valence-electron chi connectivity index (χ1n) is 5.88. The van der Waals surface area contributed by atoms with Crippen LogP contribution in [0.5, 0.6) is 0 Å². The lowest BCUT2D eigenvalue weighted by Gasteiger charge is -2.14. The first-order valence-corrected chi connectivity index (χ1v) is 6.70. The van der Waals surface area contributed by atoms with Crippen molar-refractivity contribution < 1.29 is 19.4 Å². The van der Waals surface area contributed by atoms with Gasteiger partial charge in [0.25, 0.3) is 5.91 Å². The summed E-state index contributed by atoms with van der Waals surface area (Å²) in [5.74, 6) is -1.19. The fourth-order valence-electron chi connectivity index (χ4n) is 1.88. The molecule has 1 aromatic heterocycles. The minimum atomic E-state index is -0.998. The predicted octanol–water partition coefficient (Wildman–Crippen LogP) is 1.75. The number of carboxylic acid groups (broad SMARTS) is 1. The molecule has 1 fully saturated rings. The normalized spacial score (nSPS) is 20.1. The Morgan fingerprint density at radius 2 is 2.06 bits per heavy atom. The molecule has 1 aliphatic rings. The Labute approximate surface area is 109 Å². The van der Waals surface area contributed by atoms with Crippen molar-refractivity contribution in [2.75, 3.05) is 13.2 Å². The quantitative estimate of drug-likeness (QED) is 0.876. The van der Waals surface area contributed by atoms with Gasteiger partial charge in [-0.1, -0.05) is 0 Å². The van der Waals surface area contributed by atoms with Crippen molar-refractivity contribution in [3.8, 4) is 0 Å². The van der Waals surface area contributed by atoms with Crippen molar-refractivity contribution in [1.82, 2.24) is 5.32 Å². The van der Waals surface area contributed by atoms with Crippen LogP contribution in [0.1, 0.15) is 38.6 Å². The molecular formula is C12H15NO4S. The highest BCUT2D eigenvalue weighted by molar-refractivity contribution is 7.15. The number of carbonyl (C=O) groups excluding carboxylic acids is 1. The number of rotatable bonds is 3. The van der Waals surface area contributed by atoms with Gasteiger partial charge >= 0.3 is 5.97 Å². The van der Waals surface area contributed by atoms with Gasteiger partial charge in [0.05, 0.1) is 4.88 Å². The Morgan fingerprint density at radius 3 is 2.78 bits per heavy atom. The van der Waals surface area contributed by atoms with Crippen molar-refractivity contribution in [3.05, 3.63) is 21.9 Å². The fourth-order valence-corrected chi connectivity index (χ4v) is 2.63. The molecule has 2 rings (SSSR count). The van der Waals surface area contributed by atoms with Crippen LogP contribution in [0.25, 0.3) is 0 Å². The van der Waals surface area contributed by atoms with Crippen molar-refractivity contribution in [2.24, 2.45) is 0 Å². The van der Waals surface area contributed by atoms with Gasteiger partial charge in [-0.2, -0.15) is 0 Å². The summed E-state index contributed by atoms with van der Waals surface area (Å²) in [6, 6.07) is 3.13. The third-order valence-corrected chi connectivity index (χ3v) is 3.90. The van der Waals surface area contributed by atoms with E-state index < -0.39 is 5.97 Å². The van der Waals surface area contributed by atoms with E-state index in [4.69, 9.17) is 9.84 Å². The second-order valence-corrected chi connectivity index (χ2v) is 5.27. The summed E-state index contributed by atoms with van der Waals surface area (Å²) >= 11 is 1.00. The van der Waals surface area contributed by atoms with Gasteiger partial charge in [-0.05, 0) is 31.4 Å². The monoisotopic (exact) mass is 269 g/mol. The number of hydrogen-bond acceptors (Lipinski definition) is 4. The van der Waals surface area contributed by atoms with Crippen molar-refractivity contribution >= 4 is 23.2 Å². The molecule has 0 saturated carbocycles. The zero-order valence-corrected chi connectivity index (χ0v) is 10.7. The topological polar surface area (TPSA) is 75.6 Å². The molecule has 2 heterocycles. The van der Waals surface area contributed by atoms with Crippen LogP contribution < -0.4 is 5.32 Å². The van der Waals surface area contributed by atoms with E-state index >= 15 is 0 Å². The third-order valence-electron chi connectivity index (χ3n) is 2.83. The smallest absolute Gasteiger partial charge is 0.345 e. The van der Waals surface area contributed by atoms with E-state index in [-0.39, 0.29) is 16.8 Å². The summed E-state index contributed by atoms with van der Waals surface area (Å²) < 4.78 is 5.32. The molecule has 1 atom stereocenters. The molecule has 0 aromatic carbocycles. The molecule has 0 bridgehead atoms. The second kappa shape index (κ2) is 5.97. The van der Waals surface area contributed by atoms with E-state index in [0.717, 1.165) is 37.2 Å². The Hall–Kier alpha value is -1.40. The van der Waals surface area contributed by atoms with Crippen molar-refractivity contribution in [3.63, 3.8) is 0 Å². The van der Waals surface area contributed by atoms with Crippen LogP contribution in [0.2, 0.25) is 0 Å². The van der Waals surface area contributed by atoms with E-state index in [1.807, 2.05) is 0 Å². The summed E-state index contributed by atoms with van der Waals surface area (Å²) in [4.78, 5) is 23.3. The average molecular weight is 269 g/mol. The van der Waals surface area contributed by atoms with Crippen LogP contribution in [0, 0.1) is 0 Å². The lowest BCUT2D eigenvalue weighted by molar-refractivity contribution is 0.0702. The van der Waals surface area contributed by atoms with Crippen molar-refractivity contribution in [2.45, 2.75) is 25.3 Å². The van der Waals surface area contributed by atoms with E-state index in [1.165, 1.54) is 6.07 Å². The Morgan fingerprint density at radius 1 is 1.28 bits per heavy atom. The Kier molecular flexibility index (Phi) is 4.33. The molecule has 0 unspecified atom stereocenters. The summed E-state index contributed by atoms with van der Waals surface area (Å²) in [6.07, 6.45) is 2.65. The lowest BCUT2D eigenvalue weighted by atomic mass is 10.1. The van der Waals surface area contributed by atoms with E-state index in [1.54, 1.807) is 6.07 Å². The molecule has 1 saturated heterocycles. The molecule has 98 valence electrons. The minimum absolute atomic E-state index is 0.121. The van der Waals surface area contributed by atoms with Gasteiger partial charge in [-0.3, -0.25) is 4.79 Å². The first kappa shape index (κ1) is 13.0. The highest BCUT2D eigenvalue weighted by Gasteiger charge is 2.18. The summed E-state index contributed by atoms with van der Waals surface area (Å²) in [6.45, 7) is 1.41. The predicted molar refractivity (Wildman–Crippen MR) is 67.2 cm³/mol. The summed E-state index contributed by atoms with van der Waals surface area (Å²) in [5.41, 5.74) is 0. The molecule has 0 radical (unpaired) electrons. The molecule has 2 N–H and O–H groups in total. The van der Waals surface area contributed by atoms with Crippen LogP contribution in [-0.4, -0.2) is 36.2 Å². The second-order valence-electron chi connectivity index (χ2n) is 4.18. The SMILES string of the molecule is O=C(O)c1ccc(C(=O)N[C@@H]2CCCOCC2)s1. The first-order chi connectivity index (χ1) is 8.66. The number of ether oxygens (including phenoxy) is 1. The maximum absolute atomic E-state index is 11.9. The highest BCUT2D eigenvalue weighted by Crippen LogP contribution is 2.17. The number of carboxylic acids is 1. The van der Waals surface area contributed by atoms with E-state index in [2.05, 4.69) is 5.32 Å². The van der Waals surface area contributed by atoms with Gasteiger partial charge in [0.15, 0.2) is 0 Å². The molecule has 1 amide bonds. The standard InChI is InChI=1S/C12H15NO4S/c14-11(9-3-4-10(18-9)12(15)16)13-8-2-1-6-17-7-5-8/h3-4,8H,1-2,5-7H2,(H,13,14)(H,15,16)/t8-/m1/s1. The zero-order valence-electron chi connectivity index (χ0n) is 9.85. The Balaban J connectivity index is 1.95. The average Bonchev–Trinajstić information content (AvgIpc) is 2.70. The maximum atomic E-state index is 11.9. The Bertz CT molecular complexity index is 435. The largest absolute Gasteiger partial charge is 0.477 e. The summed E-state index contributed by atoms with van der Waals surface area (Å²) in [5, 5.41) is 11.7.